The number of amides is 1. The first-order valence-electron chi connectivity index (χ1n) is 7.08. The van der Waals surface area contributed by atoms with Crippen molar-refractivity contribution in [3.05, 3.63) is 74.8 Å². The van der Waals surface area contributed by atoms with E-state index in [0.29, 0.717) is 27.6 Å². The van der Waals surface area contributed by atoms with E-state index < -0.39 is 4.92 Å². The quantitative estimate of drug-likeness (QED) is 0.480. The van der Waals surface area contributed by atoms with Crippen LogP contribution in [0.5, 0.6) is 0 Å². The van der Waals surface area contributed by atoms with Gasteiger partial charge in [0, 0.05) is 11.1 Å². The Morgan fingerprint density at radius 1 is 1.17 bits per heavy atom. The fourth-order valence-corrected chi connectivity index (χ4v) is 2.50. The number of hydrogen-bond donors (Lipinski definition) is 0. The average Bonchev–Trinajstić information content (AvgIpc) is 2.84. The molecule has 0 saturated carbocycles. The fourth-order valence-electron chi connectivity index (χ4n) is 2.37. The van der Waals surface area contributed by atoms with Crippen LogP contribution < -0.4 is 5.01 Å². The number of nitrogens with zero attached hydrogens (tertiary/aromatic N) is 3. The van der Waals surface area contributed by atoms with Crippen molar-refractivity contribution in [1.82, 2.24) is 0 Å². The first-order chi connectivity index (χ1) is 11.5. The number of halogens is 1. The standard InChI is InChI=1S/C17H12ClN3O3/c1-11-15(10-12-4-2-3-5-16(12)21(23)24)17(22)20(19-11)14-8-6-13(18)7-9-14/h2-10H,1H3/b15-10+. The molecule has 2 aromatic rings. The van der Waals surface area contributed by atoms with Gasteiger partial charge in [0.25, 0.3) is 11.6 Å². The van der Waals surface area contributed by atoms with Crippen LogP contribution in [0, 0.1) is 10.1 Å². The summed E-state index contributed by atoms with van der Waals surface area (Å²) in [5.41, 5.74) is 1.69. The predicted molar refractivity (Wildman–Crippen MR) is 93.1 cm³/mol. The van der Waals surface area contributed by atoms with Gasteiger partial charge in [-0.05, 0) is 43.3 Å². The average molecular weight is 342 g/mol. The Morgan fingerprint density at radius 3 is 2.50 bits per heavy atom. The van der Waals surface area contributed by atoms with Gasteiger partial charge in [0.05, 0.1) is 27.5 Å². The zero-order valence-corrected chi connectivity index (χ0v) is 13.4. The highest BCUT2D eigenvalue weighted by Crippen LogP contribution is 2.28. The molecular formula is C17H12ClN3O3. The van der Waals surface area contributed by atoms with Crippen LogP contribution in [-0.4, -0.2) is 16.5 Å². The molecule has 3 rings (SSSR count). The van der Waals surface area contributed by atoms with Gasteiger partial charge in [-0.25, -0.2) is 0 Å². The van der Waals surface area contributed by atoms with Crippen molar-refractivity contribution >= 4 is 40.7 Å². The summed E-state index contributed by atoms with van der Waals surface area (Å²) in [4.78, 5) is 23.3. The van der Waals surface area contributed by atoms with Gasteiger partial charge in [-0.2, -0.15) is 10.1 Å². The van der Waals surface area contributed by atoms with E-state index >= 15 is 0 Å². The molecule has 120 valence electrons. The Morgan fingerprint density at radius 2 is 1.83 bits per heavy atom. The number of benzene rings is 2. The van der Waals surface area contributed by atoms with Crippen molar-refractivity contribution in [3.8, 4) is 0 Å². The van der Waals surface area contributed by atoms with E-state index in [-0.39, 0.29) is 11.6 Å². The third-order valence-corrected chi connectivity index (χ3v) is 3.82. The van der Waals surface area contributed by atoms with Gasteiger partial charge in [-0.3, -0.25) is 14.9 Å². The van der Waals surface area contributed by atoms with Gasteiger partial charge in [-0.1, -0.05) is 23.7 Å². The third kappa shape index (κ3) is 2.91. The molecule has 1 aliphatic rings. The molecule has 1 heterocycles. The van der Waals surface area contributed by atoms with Gasteiger partial charge in [-0.15, -0.1) is 0 Å². The van der Waals surface area contributed by atoms with Crippen molar-refractivity contribution in [3.63, 3.8) is 0 Å². The van der Waals surface area contributed by atoms with Crippen molar-refractivity contribution in [1.29, 1.82) is 0 Å². The minimum Gasteiger partial charge on any atom is -0.267 e. The van der Waals surface area contributed by atoms with Crippen LogP contribution in [-0.2, 0) is 4.79 Å². The van der Waals surface area contributed by atoms with Gasteiger partial charge in [0.15, 0.2) is 0 Å². The monoisotopic (exact) mass is 341 g/mol. The van der Waals surface area contributed by atoms with Gasteiger partial charge in [0.2, 0.25) is 0 Å². The number of hydrogen-bond acceptors (Lipinski definition) is 4. The number of para-hydroxylation sites is 1. The molecular weight excluding hydrogens is 330 g/mol. The predicted octanol–water partition coefficient (Wildman–Crippen LogP) is 4.05. The smallest absolute Gasteiger partial charge is 0.267 e. The zero-order valence-electron chi connectivity index (χ0n) is 12.6. The van der Waals surface area contributed by atoms with E-state index in [0.717, 1.165) is 0 Å². The molecule has 0 aromatic heterocycles. The summed E-state index contributed by atoms with van der Waals surface area (Å²) in [5.74, 6) is -0.340. The molecule has 2 aromatic carbocycles. The largest absolute Gasteiger partial charge is 0.280 e. The van der Waals surface area contributed by atoms with Crippen molar-refractivity contribution in [2.45, 2.75) is 6.92 Å². The number of rotatable bonds is 3. The molecule has 0 bridgehead atoms. The lowest BCUT2D eigenvalue weighted by atomic mass is 10.1. The van der Waals surface area contributed by atoms with Crippen LogP contribution in [0.4, 0.5) is 11.4 Å². The number of carbonyl (C=O) groups excluding carboxylic acids is 1. The maximum Gasteiger partial charge on any atom is 0.280 e. The first-order valence-corrected chi connectivity index (χ1v) is 7.46. The molecule has 1 aliphatic heterocycles. The molecule has 0 radical (unpaired) electrons. The van der Waals surface area contributed by atoms with Crippen molar-refractivity contribution in [2.75, 3.05) is 5.01 Å². The van der Waals surface area contributed by atoms with Crippen LogP contribution in [0.25, 0.3) is 6.08 Å². The van der Waals surface area contributed by atoms with Crippen molar-refractivity contribution in [2.24, 2.45) is 5.10 Å². The lowest BCUT2D eigenvalue weighted by Crippen LogP contribution is -2.21. The maximum absolute atomic E-state index is 12.6. The summed E-state index contributed by atoms with van der Waals surface area (Å²) in [6, 6.07) is 13.0. The molecule has 0 N–H and O–H groups in total. The normalized spacial score (nSPS) is 15.8. The number of anilines is 1. The number of nitro groups is 1. The van der Waals surface area contributed by atoms with E-state index in [1.807, 2.05) is 0 Å². The Kier molecular flexibility index (Phi) is 4.14. The summed E-state index contributed by atoms with van der Waals surface area (Å²) in [5, 5.41) is 17.2. The zero-order chi connectivity index (χ0) is 17.3. The van der Waals surface area contributed by atoms with Crippen LogP contribution in [0.15, 0.2) is 59.2 Å². The Bertz CT molecular complexity index is 888. The Balaban J connectivity index is 1.99. The summed E-state index contributed by atoms with van der Waals surface area (Å²) in [7, 11) is 0. The summed E-state index contributed by atoms with van der Waals surface area (Å²) in [6.07, 6.45) is 1.50. The summed E-state index contributed by atoms with van der Waals surface area (Å²) in [6.45, 7) is 1.69. The first kappa shape index (κ1) is 15.9. The highest BCUT2D eigenvalue weighted by atomic mass is 35.5. The molecule has 1 amide bonds. The summed E-state index contributed by atoms with van der Waals surface area (Å²) < 4.78 is 0. The highest BCUT2D eigenvalue weighted by molar-refractivity contribution is 6.32. The minimum atomic E-state index is -0.477. The van der Waals surface area contributed by atoms with E-state index in [2.05, 4.69) is 5.10 Å². The molecule has 0 spiro atoms. The molecule has 0 saturated heterocycles. The van der Waals surface area contributed by atoms with E-state index in [1.54, 1.807) is 49.4 Å². The molecule has 0 aliphatic carbocycles. The lowest BCUT2D eigenvalue weighted by Gasteiger charge is -2.11. The second kappa shape index (κ2) is 6.25. The van der Waals surface area contributed by atoms with E-state index in [1.165, 1.54) is 17.2 Å². The maximum atomic E-state index is 12.6. The summed E-state index contributed by atoms with van der Waals surface area (Å²) >= 11 is 5.85. The van der Waals surface area contributed by atoms with E-state index in [4.69, 9.17) is 11.6 Å². The SMILES string of the molecule is CC1=NN(c2ccc(Cl)cc2)C(=O)/C1=C/c1ccccc1[N+](=O)[O-]. The topological polar surface area (TPSA) is 75.8 Å². The minimum absolute atomic E-state index is 0.0597. The highest BCUT2D eigenvalue weighted by Gasteiger charge is 2.29. The Hall–Kier alpha value is -2.99. The number of carbonyl (C=O) groups is 1. The molecule has 6 nitrogen and oxygen atoms in total. The second-order valence-corrected chi connectivity index (χ2v) is 5.59. The molecule has 0 unspecified atom stereocenters. The molecule has 24 heavy (non-hydrogen) atoms. The van der Waals surface area contributed by atoms with Crippen molar-refractivity contribution < 1.29 is 9.72 Å². The van der Waals surface area contributed by atoms with Crippen LogP contribution in [0.1, 0.15) is 12.5 Å². The molecule has 7 heteroatoms. The van der Waals surface area contributed by atoms with Gasteiger partial charge >= 0.3 is 0 Å². The molecule has 0 fully saturated rings. The van der Waals surface area contributed by atoms with E-state index in [9.17, 15) is 14.9 Å². The number of hydrazone groups is 1. The third-order valence-electron chi connectivity index (χ3n) is 3.57. The van der Waals surface area contributed by atoms with Crippen LogP contribution >= 0.6 is 11.6 Å². The van der Waals surface area contributed by atoms with Crippen LogP contribution in [0.2, 0.25) is 5.02 Å². The number of nitro benzene ring substituents is 1. The van der Waals surface area contributed by atoms with Crippen LogP contribution in [0.3, 0.4) is 0 Å². The van der Waals surface area contributed by atoms with Gasteiger partial charge < -0.3 is 0 Å². The molecule has 0 atom stereocenters. The fraction of sp³-hybridized carbons (Fsp3) is 0.0588. The lowest BCUT2D eigenvalue weighted by molar-refractivity contribution is -0.385. The Labute approximate surface area is 142 Å². The van der Waals surface area contributed by atoms with Gasteiger partial charge in [0.1, 0.15) is 0 Å². The second-order valence-electron chi connectivity index (χ2n) is 5.15.